The second-order valence-electron chi connectivity index (χ2n) is 4.55. The van der Waals surface area contributed by atoms with Gasteiger partial charge in [-0.2, -0.15) is 0 Å². The van der Waals surface area contributed by atoms with E-state index >= 15 is 0 Å². The predicted octanol–water partition coefficient (Wildman–Crippen LogP) is 2.97. The number of ether oxygens (including phenoxy) is 1. The molecule has 0 heterocycles. The monoisotopic (exact) mass is 219 g/mol. The van der Waals surface area contributed by atoms with E-state index in [-0.39, 0.29) is 0 Å². The lowest BCUT2D eigenvalue weighted by atomic mass is 10.1. The summed E-state index contributed by atoms with van der Waals surface area (Å²) in [6, 6.07) is 8.91. The molecule has 16 heavy (non-hydrogen) atoms. The molecule has 0 spiro atoms. The van der Waals surface area contributed by atoms with Crippen LogP contribution in [-0.2, 0) is 6.54 Å². The van der Waals surface area contributed by atoms with E-state index in [0.717, 1.165) is 24.8 Å². The largest absolute Gasteiger partial charge is 0.494 e. The van der Waals surface area contributed by atoms with Crippen LogP contribution in [-0.4, -0.2) is 12.6 Å². The quantitative estimate of drug-likeness (QED) is 0.794. The van der Waals surface area contributed by atoms with Gasteiger partial charge >= 0.3 is 0 Å². The first-order chi connectivity index (χ1) is 7.81. The summed E-state index contributed by atoms with van der Waals surface area (Å²) in [4.78, 5) is 0. The van der Waals surface area contributed by atoms with E-state index in [1.165, 1.54) is 18.4 Å². The highest BCUT2D eigenvalue weighted by atomic mass is 16.5. The Hall–Kier alpha value is -1.02. The van der Waals surface area contributed by atoms with Crippen LogP contribution in [0.15, 0.2) is 24.3 Å². The molecule has 1 saturated carbocycles. The van der Waals surface area contributed by atoms with Crippen LogP contribution >= 0.6 is 0 Å². The van der Waals surface area contributed by atoms with Gasteiger partial charge in [-0.1, -0.05) is 18.2 Å². The zero-order valence-electron chi connectivity index (χ0n) is 10.2. The maximum atomic E-state index is 5.61. The minimum atomic E-state index is 0.634. The fraction of sp³-hybridized carbons (Fsp3) is 0.571. The predicted molar refractivity (Wildman–Crippen MR) is 66.6 cm³/mol. The summed E-state index contributed by atoms with van der Waals surface area (Å²) in [6.07, 6.45) is 2.78. The summed E-state index contributed by atoms with van der Waals surface area (Å²) >= 11 is 0. The first kappa shape index (κ1) is 11.5. The van der Waals surface area contributed by atoms with Crippen molar-refractivity contribution in [2.45, 2.75) is 39.3 Å². The van der Waals surface area contributed by atoms with Crippen LogP contribution in [0.5, 0.6) is 5.75 Å². The van der Waals surface area contributed by atoms with E-state index in [4.69, 9.17) is 4.74 Å². The summed E-state index contributed by atoms with van der Waals surface area (Å²) in [7, 11) is 0. The van der Waals surface area contributed by atoms with Gasteiger partial charge in [0, 0.05) is 18.2 Å². The number of benzene rings is 1. The minimum absolute atomic E-state index is 0.634. The molecule has 0 amide bonds. The molecule has 1 aliphatic carbocycles. The van der Waals surface area contributed by atoms with Crippen molar-refractivity contribution in [3.05, 3.63) is 29.8 Å². The average molecular weight is 219 g/mol. The van der Waals surface area contributed by atoms with Crippen molar-refractivity contribution in [1.82, 2.24) is 5.32 Å². The van der Waals surface area contributed by atoms with Gasteiger partial charge in [-0.15, -0.1) is 0 Å². The van der Waals surface area contributed by atoms with Crippen molar-refractivity contribution in [2.75, 3.05) is 6.61 Å². The van der Waals surface area contributed by atoms with Gasteiger partial charge in [0.05, 0.1) is 6.61 Å². The van der Waals surface area contributed by atoms with Crippen LogP contribution in [0.3, 0.4) is 0 Å². The zero-order chi connectivity index (χ0) is 11.4. The molecule has 2 nitrogen and oxygen atoms in total. The lowest BCUT2D eigenvalue weighted by Crippen LogP contribution is -2.27. The highest BCUT2D eigenvalue weighted by molar-refractivity contribution is 5.33. The number of rotatable bonds is 6. The van der Waals surface area contributed by atoms with E-state index in [1.54, 1.807) is 0 Å². The Morgan fingerprint density at radius 3 is 2.81 bits per heavy atom. The van der Waals surface area contributed by atoms with Crippen LogP contribution in [0.4, 0.5) is 0 Å². The van der Waals surface area contributed by atoms with E-state index in [9.17, 15) is 0 Å². The lowest BCUT2D eigenvalue weighted by molar-refractivity contribution is 0.334. The first-order valence-electron chi connectivity index (χ1n) is 6.25. The molecule has 0 saturated heterocycles. The summed E-state index contributed by atoms with van der Waals surface area (Å²) in [6.45, 7) is 5.95. The standard InChI is InChI=1S/C14H21NO/c1-3-16-14-7-5-4-6-13(14)10-15-11(2)12-8-9-12/h4-7,11-12,15H,3,8-10H2,1-2H3. The number of hydrogen-bond donors (Lipinski definition) is 1. The van der Waals surface area contributed by atoms with Gasteiger partial charge < -0.3 is 10.1 Å². The molecule has 1 fully saturated rings. The molecular formula is C14H21NO. The molecule has 2 heteroatoms. The first-order valence-corrected chi connectivity index (χ1v) is 6.25. The van der Waals surface area contributed by atoms with Gasteiger partial charge in [-0.3, -0.25) is 0 Å². The van der Waals surface area contributed by atoms with E-state index in [1.807, 2.05) is 19.1 Å². The van der Waals surface area contributed by atoms with E-state index in [2.05, 4.69) is 24.4 Å². The van der Waals surface area contributed by atoms with Gasteiger partial charge in [-0.05, 0) is 38.7 Å². The van der Waals surface area contributed by atoms with Gasteiger partial charge in [0.2, 0.25) is 0 Å². The van der Waals surface area contributed by atoms with Crippen LogP contribution in [0.25, 0.3) is 0 Å². The third-order valence-corrected chi connectivity index (χ3v) is 3.22. The molecule has 0 aliphatic heterocycles. The fourth-order valence-corrected chi connectivity index (χ4v) is 1.98. The Kier molecular flexibility index (Phi) is 3.83. The highest BCUT2D eigenvalue weighted by Gasteiger charge is 2.27. The molecule has 0 aromatic heterocycles. The molecule has 1 aromatic rings. The van der Waals surface area contributed by atoms with Crippen LogP contribution < -0.4 is 10.1 Å². The summed E-state index contributed by atoms with van der Waals surface area (Å²) in [5.74, 6) is 1.92. The van der Waals surface area contributed by atoms with Crippen LogP contribution in [0.1, 0.15) is 32.3 Å². The summed E-state index contributed by atoms with van der Waals surface area (Å²) < 4.78 is 5.61. The molecule has 1 aromatic carbocycles. The number of nitrogens with one attached hydrogen (secondary N) is 1. The van der Waals surface area contributed by atoms with Crippen molar-refractivity contribution in [3.63, 3.8) is 0 Å². The summed E-state index contributed by atoms with van der Waals surface area (Å²) in [5.41, 5.74) is 1.26. The van der Waals surface area contributed by atoms with Crippen molar-refractivity contribution < 1.29 is 4.74 Å². The number of para-hydroxylation sites is 1. The minimum Gasteiger partial charge on any atom is -0.494 e. The number of hydrogen-bond acceptors (Lipinski definition) is 2. The van der Waals surface area contributed by atoms with Crippen molar-refractivity contribution in [1.29, 1.82) is 0 Å². The lowest BCUT2D eigenvalue weighted by Gasteiger charge is -2.15. The molecule has 0 radical (unpaired) electrons. The smallest absolute Gasteiger partial charge is 0.123 e. The van der Waals surface area contributed by atoms with Crippen LogP contribution in [0.2, 0.25) is 0 Å². The van der Waals surface area contributed by atoms with E-state index in [0.29, 0.717) is 6.04 Å². The molecule has 1 N–H and O–H groups in total. The Morgan fingerprint density at radius 2 is 2.12 bits per heavy atom. The van der Waals surface area contributed by atoms with Crippen LogP contribution in [0, 0.1) is 5.92 Å². The summed E-state index contributed by atoms with van der Waals surface area (Å²) in [5, 5.41) is 3.58. The Labute approximate surface area is 98.0 Å². The second-order valence-corrected chi connectivity index (χ2v) is 4.55. The molecule has 2 rings (SSSR count). The van der Waals surface area contributed by atoms with Gasteiger partial charge in [0.25, 0.3) is 0 Å². The molecule has 1 aliphatic rings. The maximum absolute atomic E-state index is 5.61. The highest BCUT2D eigenvalue weighted by Crippen LogP contribution is 2.32. The Morgan fingerprint density at radius 1 is 1.38 bits per heavy atom. The molecule has 1 atom stereocenters. The Balaban J connectivity index is 1.91. The van der Waals surface area contributed by atoms with Gasteiger partial charge in [0.1, 0.15) is 5.75 Å². The third kappa shape index (κ3) is 2.99. The normalized spacial score (nSPS) is 17.1. The molecule has 0 bridgehead atoms. The molecule has 1 unspecified atom stereocenters. The molecular weight excluding hydrogens is 198 g/mol. The second kappa shape index (κ2) is 5.35. The van der Waals surface area contributed by atoms with Crippen molar-refractivity contribution >= 4 is 0 Å². The maximum Gasteiger partial charge on any atom is 0.123 e. The van der Waals surface area contributed by atoms with Crippen molar-refractivity contribution in [3.8, 4) is 5.75 Å². The topological polar surface area (TPSA) is 21.3 Å². The third-order valence-electron chi connectivity index (χ3n) is 3.22. The fourth-order valence-electron chi connectivity index (χ4n) is 1.98. The Bertz CT molecular complexity index is 333. The van der Waals surface area contributed by atoms with Gasteiger partial charge in [-0.25, -0.2) is 0 Å². The SMILES string of the molecule is CCOc1ccccc1CNC(C)C1CC1. The zero-order valence-corrected chi connectivity index (χ0v) is 10.2. The average Bonchev–Trinajstić information content (AvgIpc) is 3.12. The molecule has 88 valence electrons. The van der Waals surface area contributed by atoms with Gasteiger partial charge in [0.15, 0.2) is 0 Å². The van der Waals surface area contributed by atoms with Crippen molar-refractivity contribution in [2.24, 2.45) is 5.92 Å². The van der Waals surface area contributed by atoms with E-state index < -0.39 is 0 Å².